The van der Waals surface area contributed by atoms with Crippen molar-refractivity contribution in [3.63, 3.8) is 0 Å². The van der Waals surface area contributed by atoms with Crippen molar-refractivity contribution in [3.05, 3.63) is 29.7 Å². The molecule has 0 amide bonds. The van der Waals surface area contributed by atoms with Crippen LogP contribution in [0.25, 0.3) is 0 Å². The Bertz CT molecular complexity index is 649. The van der Waals surface area contributed by atoms with Crippen molar-refractivity contribution in [1.82, 2.24) is 5.32 Å². The molecule has 0 unspecified atom stereocenters. The van der Waals surface area contributed by atoms with Gasteiger partial charge in [-0.05, 0) is 43.7 Å². The zero-order valence-electron chi connectivity index (χ0n) is 17.3. The molecule has 0 radical (unpaired) electrons. The molecule has 156 valence electrons. The van der Waals surface area contributed by atoms with Gasteiger partial charge in [0, 0.05) is 6.54 Å². The van der Waals surface area contributed by atoms with E-state index in [-0.39, 0.29) is 0 Å². The molecule has 0 saturated carbocycles. The number of hydrazone groups is 1. The van der Waals surface area contributed by atoms with Crippen LogP contribution >= 0.6 is 0 Å². The molecule has 0 aliphatic carbocycles. The van der Waals surface area contributed by atoms with E-state index in [1.807, 2.05) is 12.1 Å². The van der Waals surface area contributed by atoms with Crippen molar-refractivity contribution in [2.75, 3.05) is 34.5 Å². The van der Waals surface area contributed by atoms with Crippen LogP contribution in [-0.2, 0) is 11.2 Å². The van der Waals surface area contributed by atoms with Crippen LogP contribution in [0.5, 0.6) is 17.2 Å². The smallest absolute Gasteiger partial charge is 0.203 e. The van der Waals surface area contributed by atoms with Gasteiger partial charge >= 0.3 is 0 Å². The van der Waals surface area contributed by atoms with Crippen LogP contribution < -0.4 is 25.4 Å². The molecular formula is C20H32N4O4. The minimum Gasteiger partial charge on any atom is -0.493 e. The van der Waals surface area contributed by atoms with Crippen molar-refractivity contribution >= 4 is 12.6 Å². The molecule has 0 fully saturated rings. The average molecular weight is 393 g/mol. The predicted molar refractivity (Wildman–Crippen MR) is 113 cm³/mol. The van der Waals surface area contributed by atoms with Crippen LogP contribution in [0.4, 0.5) is 0 Å². The Hall–Kier alpha value is -2.90. The first-order valence-corrected chi connectivity index (χ1v) is 9.24. The number of hydrogen-bond acceptors (Lipinski definition) is 7. The quantitative estimate of drug-likeness (QED) is 0.134. The predicted octanol–water partition coefficient (Wildman–Crippen LogP) is 2.87. The Morgan fingerprint density at radius 1 is 1.14 bits per heavy atom. The lowest BCUT2D eigenvalue weighted by Gasteiger charge is -2.15. The third-order valence-electron chi connectivity index (χ3n) is 3.99. The molecule has 0 heterocycles. The molecule has 0 aliphatic rings. The summed E-state index contributed by atoms with van der Waals surface area (Å²) in [6, 6.07) is 3.87. The number of methoxy groups -OCH3 is 3. The van der Waals surface area contributed by atoms with E-state index in [1.165, 1.54) is 6.20 Å². The normalized spacial score (nSPS) is 11.7. The topological polar surface area (TPSA) is 99.7 Å². The van der Waals surface area contributed by atoms with Crippen molar-refractivity contribution in [2.24, 2.45) is 15.9 Å². The van der Waals surface area contributed by atoms with Gasteiger partial charge in [0.15, 0.2) is 23.1 Å². The second-order valence-corrected chi connectivity index (χ2v) is 5.92. The van der Waals surface area contributed by atoms with E-state index in [1.54, 1.807) is 21.3 Å². The summed E-state index contributed by atoms with van der Waals surface area (Å²) in [7, 11) is 4.78. The summed E-state index contributed by atoms with van der Waals surface area (Å²) in [5, 5.41) is 6.91. The van der Waals surface area contributed by atoms with E-state index < -0.39 is 0 Å². The van der Waals surface area contributed by atoms with E-state index in [0.717, 1.165) is 37.8 Å². The van der Waals surface area contributed by atoms with Crippen LogP contribution in [0, 0.1) is 0 Å². The van der Waals surface area contributed by atoms with Gasteiger partial charge in [0.2, 0.25) is 5.75 Å². The molecule has 28 heavy (non-hydrogen) atoms. The highest BCUT2D eigenvalue weighted by molar-refractivity contribution is 5.96. The molecule has 0 aliphatic heterocycles. The highest BCUT2D eigenvalue weighted by atomic mass is 16.5. The summed E-state index contributed by atoms with van der Waals surface area (Å²) < 4.78 is 21.9. The first-order chi connectivity index (χ1) is 13.6. The molecule has 0 saturated heterocycles. The fourth-order valence-electron chi connectivity index (χ4n) is 2.57. The van der Waals surface area contributed by atoms with Crippen LogP contribution in [-0.4, -0.2) is 47.0 Å². The van der Waals surface area contributed by atoms with Crippen LogP contribution in [0.15, 0.2) is 34.2 Å². The molecule has 0 bridgehead atoms. The summed E-state index contributed by atoms with van der Waals surface area (Å²) in [4.78, 5) is 3.77. The highest BCUT2D eigenvalue weighted by Gasteiger charge is 2.13. The fourth-order valence-corrected chi connectivity index (χ4v) is 2.57. The van der Waals surface area contributed by atoms with Gasteiger partial charge in [-0.1, -0.05) is 13.3 Å². The molecule has 8 heteroatoms. The number of ether oxygens (including phenoxy) is 4. The lowest BCUT2D eigenvalue weighted by molar-refractivity contribution is 0.224. The Kier molecular flexibility index (Phi) is 11.0. The molecule has 0 spiro atoms. The summed E-state index contributed by atoms with van der Waals surface area (Å²) in [6.07, 6.45) is 5.11. The third-order valence-corrected chi connectivity index (χ3v) is 3.99. The maximum atomic E-state index is 5.81. The Labute approximate surface area is 167 Å². The van der Waals surface area contributed by atoms with Gasteiger partial charge in [0.1, 0.15) is 0 Å². The standard InChI is InChI=1S/C20H32N4O4/c1-6-7-10-23-20(24-21)18(14-22-2)28-11-8-9-15-12-16(25-3)19(27-5)17(13-15)26-4/h12-14H,2,6-11,21H2,1,3-5H3,(H,23,24)/b18-14+. The molecule has 3 N–H and O–H groups in total. The molecule has 0 atom stereocenters. The first-order valence-electron chi connectivity index (χ1n) is 9.24. The van der Waals surface area contributed by atoms with E-state index in [4.69, 9.17) is 24.8 Å². The van der Waals surface area contributed by atoms with E-state index in [0.29, 0.717) is 35.5 Å². The number of rotatable bonds is 13. The van der Waals surface area contributed by atoms with E-state index >= 15 is 0 Å². The molecule has 8 nitrogen and oxygen atoms in total. The Morgan fingerprint density at radius 3 is 2.32 bits per heavy atom. The monoisotopic (exact) mass is 392 g/mol. The number of nitrogens with zero attached hydrogens (tertiary/aromatic N) is 2. The van der Waals surface area contributed by atoms with Gasteiger partial charge in [-0.2, -0.15) is 5.10 Å². The van der Waals surface area contributed by atoms with Crippen molar-refractivity contribution < 1.29 is 18.9 Å². The number of amidine groups is 1. The second-order valence-electron chi connectivity index (χ2n) is 5.92. The van der Waals surface area contributed by atoms with Crippen molar-refractivity contribution in [2.45, 2.75) is 32.6 Å². The van der Waals surface area contributed by atoms with Gasteiger partial charge in [-0.25, -0.2) is 0 Å². The van der Waals surface area contributed by atoms with Crippen LogP contribution in [0.1, 0.15) is 31.7 Å². The Morgan fingerprint density at radius 2 is 1.82 bits per heavy atom. The van der Waals surface area contributed by atoms with Gasteiger partial charge in [-0.3, -0.25) is 4.99 Å². The van der Waals surface area contributed by atoms with Gasteiger partial charge in [0.05, 0.1) is 34.1 Å². The number of nitrogens with two attached hydrogens (primary N) is 1. The molecular weight excluding hydrogens is 360 g/mol. The van der Waals surface area contributed by atoms with Crippen LogP contribution in [0.3, 0.4) is 0 Å². The number of aliphatic imine (C=N–C) groups is 1. The molecule has 1 rings (SSSR count). The first kappa shape index (κ1) is 23.1. The van der Waals surface area contributed by atoms with Gasteiger partial charge in [0.25, 0.3) is 0 Å². The zero-order chi connectivity index (χ0) is 20.8. The van der Waals surface area contributed by atoms with Gasteiger partial charge in [-0.15, -0.1) is 0 Å². The summed E-state index contributed by atoms with van der Waals surface area (Å²) >= 11 is 0. The molecule has 1 aromatic rings. The van der Waals surface area contributed by atoms with E-state index in [9.17, 15) is 0 Å². The average Bonchev–Trinajstić information content (AvgIpc) is 2.72. The number of nitrogens with one attached hydrogen (secondary N) is 1. The minimum absolute atomic E-state index is 0.465. The number of unbranched alkanes of at least 4 members (excludes halogenated alkanes) is 1. The number of benzene rings is 1. The second kappa shape index (κ2) is 13.3. The maximum Gasteiger partial charge on any atom is 0.203 e. The molecule has 0 aromatic heterocycles. The molecule has 1 aromatic carbocycles. The zero-order valence-corrected chi connectivity index (χ0v) is 17.3. The summed E-state index contributed by atoms with van der Waals surface area (Å²) in [5.41, 5.74) is 1.05. The SMILES string of the molecule is C=N/C=C(OCCCc1cc(OC)c(OC)c(OC)c1)\C(=N/N)NCCCC. The van der Waals surface area contributed by atoms with E-state index in [2.05, 4.69) is 29.1 Å². The maximum absolute atomic E-state index is 5.81. The lowest BCUT2D eigenvalue weighted by Crippen LogP contribution is -2.29. The fraction of sp³-hybridized carbons (Fsp3) is 0.500. The summed E-state index contributed by atoms with van der Waals surface area (Å²) in [5.74, 6) is 8.25. The van der Waals surface area contributed by atoms with Crippen molar-refractivity contribution in [3.8, 4) is 17.2 Å². The number of hydrogen-bond donors (Lipinski definition) is 2. The lowest BCUT2D eigenvalue weighted by atomic mass is 10.1. The van der Waals surface area contributed by atoms with Crippen molar-refractivity contribution in [1.29, 1.82) is 0 Å². The van der Waals surface area contributed by atoms with Crippen LogP contribution in [0.2, 0.25) is 0 Å². The summed E-state index contributed by atoms with van der Waals surface area (Å²) in [6.45, 7) is 6.81. The largest absolute Gasteiger partial charge is 0.493 e. The number of aryl methyl sites for hydroxylation is 1. The van der Waals surface area contributed by atoms with Gasteiger partial charge < -0.3 is 30.1 Å². The highest BCUT2D eigenvalue weighted by Crippen LogP contribution is 2.38. The third kappa shape index (κ3) is 7.02. The Balaban J connectivity index is 2.69. The minimum atomic E-state index is 0.465.